The van der Waals surface area contributed by atoms with E-state index in [0.717, 1.165) is 5.92 Å². The van der Waals surface area contributed by atoms with Gasteiger partial charge in [-0.15, -0.1) is 0 Å². The van der Waals surface area contributed by atoms with Crippen LogP contribution in [-0.2, 0) is 6.54 Å². The molecule has 0 bridgehead atoms. The maximum atomic E-state index is 5.87. The van der Waals surface area contributed by atoms with Gasteiger partial charge in [-0.3, -0.25) is 0 Å². The zero-order valence-electron chi connectivity index (χ0n) is 12.3. The highest BCUT2D eigenvalue weighted by molar-refractivity contribution is 5.96. The average molecular weight is 268 g/mol. The lowest BCUT2D eigenvalue weighted by molar-refractivity contribution is 0.530. The van der Waals surface area contributed by atoms with Gasteiger partial charge in [-0.1, -0.05) is 43.7 Å². The topological polar surface area (TPSA) is 29.3 Å². The summed E-state index contributed by atoms with van der Waals surface area (Å²) in [5.41, 5.74) is 8.50. The standard InChI is InChI=1S/C18H24N2/c1-2-5-14-10-11-20(13-14)18-9-8-15(12-19)16-6-3-4-7-17(16)18/h3-4,6-9,14H,2,5,10-13,19H2,1H3. The van der Waals surface area contributed by atoms with Crippen LogP contribution < -0.4 is 10.6 Å². The van der Waals surface area contributed by atoms with Gasteiger partial charge >= 0.3 is 0 Å². The molecule has 1 aliphatic heterocycles. The Morgan fingerprint density at radius 2 is 1.95 bits per heavy atom. The summed E-state index contributed by atoms with van der Waals surface area (Å²) in [5.74, 6) is 0.868. The van der Waals surface area contributed by atoms with Crippen molar-refractivity contribution >= 4 is 16.5 Å². The zero-order chi connectivity index (χ0) is 13.9. The third-order valence-electron chi connectivity index (χ3n) is 4.53. The number of rotatable bonds is 4. The van der Waals surface area contributed by atoms with Crippen LogP contribution in [0.1, 0.15) is 31.7 Å². The highest BCUT2D eigenvalue weighted by atomic mass is 15.2. The zero-order valence-corrected chi connectivity index (χ0v) is 12.3. The Morgan fingerprint density at radius 3 is 2.70 bits per heavy atom. The first kappa shape index (κ1) is 13.4. The predicted molar refractivity (Wildman–Crippen MR) is 87.1 cm³/mol. The highest BCUT2D eigenvalue weighted by Gasteiger charge is 2.23. The fourth-order valence-corrected chi connectivity index (χ4v) is 3.49. The van der Waals surface area contributed by atoms with Crippen LogP contribution >= 0.6 is 0 Å². The molecule has 0 aromatic heterocycles. The fraction of sp³-hybridized carbons (Fsp3) is 0.444. The van der Waals surface area contributed by atoms with Gasteiger partial charge in [0.2, 0.25) is 0 Å². The van der Waals surface area contributed by atoms with E-state index in [4.69, 9.17) is 5.73 Å². The number of fused-ring (bicyclic) bond motifs is 1. The Kier molecular flexibility index (Phi) is 3.93. The molecule has 20 heavy (non-hydrogen) atoms. The Balaban J connectivity index is 1.97. The summed E-state index contributed by atoms with van der Waals surface area (Å²) in [6.45, 7) is 5.30. The molecule has 1 aliphatic rings. The van der Waals surface area contributed by atoms with Gasteiger partial charge < -0.3 is 10.6 Å². The van der Waals surface area contributed by atoms with Gasteiger partial charge in [0, 0.05) is 30.7 Å². The minimum Gasteiger partial charge on any atom is -0.371 e. The molecular weight excluding hydrogens is 244 g/mol. The van der Waals surface area contributed by atoms with Gasteiger partial charge in [0.05, 0.1) is 0 Å². The molecule has 1 fully saturated rings. The van der Waals surface area contributed by atoms with E-state index < -0.39 is 0 Å². The van der Waals surface area contributed by atoms with Crippen LogP contribution in [0, 0.1) is 5.92 Å². The number of nitrogens with zero attached hydrogens (tertiary/aromatic N) is 1. The van der Waals surface area contributed by atoms with Crippen LogP contribution in [0.5, 0.6) is 0 Å². The van der Waals surface area contributed by atoms with Crippen LogP contribution in [0.3, 0.4) is 0 Å². The molecule has 0 saturated carbocycles. The van der Waals surface area contributed by atoms with Crippen molar-refractivity contribution in [3.63, 3.8) is 0 Å². The molecule has 2 heteroatoms. The van der Waals surface area contributed by atoms with Gasteiger partial charge in [-0.25, -0.2) is 0 Å². The second-order valence-corrected chi connectivity index (χ2v) is 5.88. The molecule has 2 N–H and O–H groups in total. The molecule has 0 aliphatic carbocycles. The summed E-state index contributed by atoms with van der Waals surface area (Å²) >= 11 is 0. The van der Waals surface area contributed by atoms with Crippen molar-refractivity contribution in [3.05, 3.63) is 42.0 Å². The van der Waals surface area contributed by atoms with Gasteiger partial charge in [0.1, 0.15) is 0 Å². The summed E-state index contributed by atoms with van der Waals surface area (Å²) in [4.78, 5) is 2.56. The second kappa shape index (κ2) is 5.84. The van der Waals surface area contributed by atoms with Gasteiger partial charge in [-0.05, 0) is 35.8 Å². The van der Waals surface area contributed by atoms with E-state index >= 15 is 0 Å². The van der Waals surface area contributed by atoms with Gasteiger partial charge in [0.15, 0.2) is 0 Å². The van der Waals surface area contributed by atoms with E-state index in [0.29, 0.717) is 6.54 Å². The van der Waals surface area contributed by atoms with E-state index in [2.05, 4.69) is 48.2 Å². The molecule has 0 radical (unpaired) electrons. The highest BCUT2D eigenvalue weighted by Crippen LogP contribution is 2.33. The first-order valence-corrected chi connectivity index (χ1v) is 7.79. The normalized spacial score (nSPS) is 18.9. The van der Waals surface area contributed by atoms with Gasteiger partial charge in [0.25, 0.3) is 0 Å². The lowest BCUT2D eigenvalue weighted by atomic mass is 10.0. The van der Waals surface area contributed by atoms with Crippen molar-refractivity contribution in [1.82, 2.24) is 0 Å². The number of hydrogen-bond acceptors (Lipinski definition) is 2. The summed E-state index contributed by atoms with van der Waals surface area (Å²) in [5, 5.41) is 2.67. The summed E-state index contributed by atoms with van der Waals surface area (Å²) < 4.78 is 0. The third kappa shape index (κ3) is 2.40. The Morgan fingerprint density at radius 1 is 1.15 bits per heavy atom. The molecule has 2 aromatic carbocycles. The monoisotopic (exact) mass is 268 g/mol. The molecule has 2 aromatic rings. The van der Waals surface area contributed by atoms with Crippen molar-refractivity contribution < 1.29 is 0 Å². The van der Waals surface area contributed by atoms with E-state index in [1.54, 1.807) is 0 Å². The summed E-state index contributed by atoms with van der Waals surface area (Å²) in [7, 11) is 0. The number of benzene rings is 2. The fourth-order valence-electron chi connectivity index (χ4n) is 3.49. The van der Waals surface area contributed by atoms with Crippen molar-refractivity contribution in [2.24, 2.45) is 11.7 Å². The van der Waals surface area contributed by atoms with Crippen LogP contribution in [0.4, 0.5) is 5.69 Å². The SMILES string of the molecule is CCCC1CCN(c2ccc(CN)c3ccccc23)C1. The van der Waals surface area contributed by atoms with Crippen LogP contribution in [0.15, 0.2) is 36.4 Å². The molecular formula is C18H24N2. The van der Waals surface area contributed by atoms with Crippen LogP contribution in [0.25, 0.3) is 10.8 Å². The van der Waals surface area contributed by atoms with E-state index in [-0.39, 0.29) is 0 Å². The first-order chi connectivity index (χ1) is 9.83. The lowest BCUT2D eigenvalue weighted by Crippen LogP contribution is -2.20. The molecule has 0 spiro atoms. The molecule has 2 nitrogen and oxygen atoms in total. The molecule has 1 unspecified atom stereocenters. The predicted octanol–water partition coefficient (Wildman–Crippen LogP) is 3.92. The smallest absolute Gasteiger partial charge is 0.0446 e. The maximum Gasteiger partial charge on any atom is 0.0446 e. The van der Waals surface area contributed by atoms with Crippen molar-refractivity contribution in [3.8, 4) is 0 Å². The van der Waals surface area contributed by atoms with Gasteiger partial charge in [-0.2, -0.15) is 0 Å². The summed E-state index contributed by atoms with van der Waals surface area (Å²) in [6.07, 6.45) is 3.99. The Hall–Kier alpha value is -1.54. The molecule has 1 heterocycles. The molecule has 1 saturated heterocycles. The van der Waals surface area contributed by atoms with E-state index in [1.807, 2.05) is 0 Å². The molecule has 1 atom stereocenters. The maximum absolute atomic E-state index is 5.87. The van der Waals surface area contributed by atoms with Crippen LogP contribution in [-0.4, -0.2) is 13.1 Å². The van der Waals surface area contributed by atoms with Crippen molar-refractivity contribution in [2.75, 3.05) is 18.0 Å². The second-order valence-electron chi connectivity index (χ2n) is 5.88. The van der Waals surface area contributed by atoms with Crippen molar-refractivity contribution in [2.45, 2.75) is 32.7 Å². The minimum absolute atomic E-state index is 0.610. The Labute approximate surface area is 121 Å². The molecule has 106 valence electrons. The first-order valence-electron chi connectivity index (χ1n) is 7.79. The number of hydrogen-bond donors (Lipinski definition) is 1. The molecule has 3 rings (SSSR count). The minimum atomic E-state index is 0.610. The van der Waals surface area contributed by atoms with Crippen LogP contribution in [0.2, 0.25) is 0 Å². The Bertz CT molecular complexity index is 591. The summed E-state index contributed by atoms with van der Waals surface area (Å²) in [6, 6.07) is 13.1. The third-order valence-corrected chi connectivity index (χ3v) is 4.53. The average Bonchev–Trinajstić information content (AvgIpc) is 2.95. The lowest BCUT2D eigenvalue weighted by Gasteiger charge is -2.22. The quantitative estimate of drug-likeness (QED) is 0.910. The number of nitrogens with two attached hydrogens (primary N) is 1. The van der Waals surface area contributed by atoms with Crippen molar-refractivity contribution in [1.29, 1.82) is 0 Å². The van der Waals surface area contributed by atoms with E-state index in [9.17, 15) is 0 Å². The number of anilines is 1. The van der Waals surface area contributed by atoms with E-state index in [1.165, 1.54) is 54.4 Å². The molecule has 0 amide bonds. The largest absolute Gasteiger partial charge is 0.371 e.